The van der Waals surface area contributed by atoms with E-state index in [2.05, 4.69) is 4.74 Å². The third-order valence-electron chi connectivity index (χ3n) is 1.03. The minimum absolute atomic E-state index is 0.368. The van der Waals surface area contributed by atoms with Gasteiger partial charge in [-0.25, -0.2) is 0 Å². The maximum atomic E-state index is 10.5. The molecule has 1 atom stereocenters. The van der Waals surface area contributed by atoms with Gasteiger partial charge in [0, 0.05) is 4.92 Å². The van der Waals surface area contributed by atoms with Crippen molar-refractivity contribution < 1.29 is 14.5 Å². The number of methoxy groups -OCH3 is 1. The van der Waals surface area contributed by atoms with E-state index in [4.69, 9.17) is 0 Å². The van der Waals surface area contributed by atoms with Crippen LogP contribution in [0.5, 0.6) is 0 Å². The maximum Gasteiger partial charge on any atom is 0.315 e. The fourth-order valence-electron chi connectivity index (χ4n) is 0.499. The molecule has 0 fully saturated rings. The molecule has 0 aliphatic carbocycles. The molecule has 0 saturated heterocycles. The summed E-state index contributed by atoms with van der Waals surface area (Å²) in [4.78, 5) is 19.8. The molecule has 0 spiro atoms. The van der Waals surface area contributed by atoms with Crippen LogP contribution in [0.3, 0.4) is 0 Å². The van der Waals surface area contributed by atoms with Crippen LogP contribution in [0.4, 0.5) is 0 Å². The molecule has 0 rings (SSSR count). The monoisotopic (exact) mass is 147 g/mol. The normalized spacial score (nSPS) is 12.2. The van der Waals surface area contributed by atoms with E-state index in [1.54, 1.807) is 0 Å². The lowest BCUT2D eigenvalue weighted by Gasteiger charge is -2.01. The van der Waals surface area contributed by atoms with Gasteiger partial charge in [-0.05, 0) is 6.92 Å². The minimum atomic E-state index is -0.653. The molecular weight excluding hydrogens is 138 g/mol. The van der Waals surface area contributed by atoms with Gasteiger partial charge in [0.1, 0.15) is 5.92 Å². The summed E-state index contributed by atoms with van der Waals surface area (Å²) < 4.78 is 4.27. The van der Waals surface area contributed by atoms with Crippen LogP contribution in [0.25, 0.3) is 0 Å². The molecule has 0 aromatic carbocycles. The zero-order chi connectivity index (χ0) is 8.15. The average molecular weight is 147 g/mol. The Kier molecular flexibility index (Phi) is 3.38. The Balaban J connectivity index is 3.72. The largest absolute Gasteiger partial charge is 0.469 e. The van der Waals surface area contributed by atoms with Crippen molar-refractivity contribution in [3.8, 4) is 0 Å². The maximum absolute atomic E-state index is 10.5. The van der Waals surface area contributed by atoms with E-state index in [9.17, 15) is 14.9 Å². The first-order valence-electron chi connectivity index (χ1n) is 2.77. The Morgan fingerprint density at radius 2 is 2.30 bits per heavy atom. The SMILES string of the molecule is COC(=O)[C@@H](C)C[N+](=O)[O-]. The summed E-state index contributed by atoms with van der Waals surface area (Å²) >= 11 is 0. The molecule has 58 valence electrons. The van der Waals surface area contributed by atoms with Crippen molar-refractivity contribution in [1.29, 1.82) is 0 Å². The molecule has 0 aromatic rings. The number of ether oxygens (including phenoxy) is 1. The summed E-state index contributed by atoms with van der Waals surface area (Å²) in [7, 11) is 1.21. The lowest BCUT2D eigenvalue weighted by atomic mass is 10.2. The van der Waals surface area contributed by atoms with Crippen molar-refractivity contribution in [2.45, 2.75) is 6.92 Å². The molecule has 5 nitrogen and oxygen atoms in total. The summed E-state index contributed by atoms with van der Waals surface area (Å²) in [6.45, 7) is 1.08. The molecule has 0 aliphatic heterocycles. The van der Waals surface area contributed by atoms with E-state index in [0.717, 1.165) is 0 Å². The summed E-state index contributed by atoms with van der Waals surface area (Å²) in [5, 5.41) is 9.83. The van der Waals surface area contributed by atoms with Crippen LogP contribution >= 0.6 is 0 Å². The molecule has 0 aromatic heterocycles. The highest BCUT2D eigenvalue weighted by Crippen LogP contribution is 1.96. The van der Waals surface area contributed by atoms with Gasteiger partial charge in [-0.3, -0.25) is 14.9 Å². The molecule has 0 bridgehead atoms. The molecule has 0 saturated carbocycles. The van der Waals surface area contributed by atoms with Crippen LogP contribution in [0.1, 0.15) is 6.92 Å². The van der Waals surface area contributed by atoms with Gasteiger partial charge in [0.25, 0.3) is 0 Å². The second-order valence-corrected chi connectivity index (χ2v) is 1.94. The van der Waals surface area contributed by atoms with Gasteiger partial charge < -0.3 is 4.74 Å². The Bertz CT molecular complexity index is 145. The van der Waals surface area contributed by atoms with Gasteiger partial charge in [-0.2, -0.15) is 0 Å². The number of hydrogen-bond acceptors (Lipinski definition) is 4. The smallest absolute Gasteiger partial charge is 0.315 e. The van der Waals surface area contributed by atoms with Crippen LogP contribution in [0, 0.1) is 16.0 Å². The third kappa shape index (κ3) is 3.01. The fraction of sp³-hybridized carbons (Fsp3) is 0.800. The van der Waals surface area contributed by atoms with E-state index in [-0.39, 0.29) is 6.54 Å². The first-order chi connectivity index (χ1) is 4.57. The Morgan fingerprint density at radius 1 is 1.80 bits per heavy atom. The predicted octanol–water partition coefficient (Wildman–Crippen LogP) is 0.0722. The van der Waals surface area contributed by atoms with Gasteiger partial charge in [0.05, 0.1) is 7.11 Å². The molecule has 0 heterocycles. The zero-order valence-electron chi connectivity index (χ0n) is 5.86. The Morgan fingerprint density at radius 3 is 2.60 bits per heavy atom. The van der Waals surface area contributed by atoms with Crippen LogP contribution in [-0.4, -0.2) is 24.5 Å². The van der Waals surface area contributed by atoms with Crippen LogP contribution in [0.2, 0.25) is 0 Å². The average Bonchev–Trinajstić information content (AvgIpc) is 1.85. The van der Waals surface area contributed by atoms with Crippen LogP contribution in [-0.2, 0) is 9.53 Å². The molecular formula is C5H9NO4. The highest BCUT2D eigenvalue weighted by atomic mass is 16.6. The second kappa shape index (κ2) is 3.81. The van der Waals surface area contributed by atoms with E-state index in [1.807, 2.05) is 0 Å². The molecule has 10 heavy (non-hydrogen) atoms. The van der Waals surface area contributed by atoms with Crippen molar-refractivity contribution in [2.24, 2.45) is 5.92 Å². The van der Waals surface area contributed by atoms with Crippen molar-refractivity contribution >= 4 is 5.97 Å². The van der Waals surface area contributed by atoms with Gasteiger partial charge in [0.2, 0.25) is 6.54 Å². The molecule has 5 heteroatoms. The predicted molar refractivity (Wildman–Crippen MR) is 33.0 cm³/mol. The highest BCUT2D eigenvalue weighted by molar-refractivity contribution is 5.71. The Labute approximate surface area is 58.1 Å². The van der Waals surface area contributed by atoms with Gasteiger partial charge in [-0.1, -0.05) is 0 Å². The lowest BCUT2D eigenvalue weighted by molar-refractivity contribution is -0.485. The van der Waals surface area contributed by atoms with Crippen molar-refractivity contribution in [3.63, 3.8) is 0 Å². The van der Waals surface area contributed by atoms with E-state index < -0.39 is 16.8 Å². The second-order valence-electron chi connectivity index (χ2n) is 1.94. The number of hydrogen-bond donors (Lipinski definition) is 0. The lowest BCUT2D eigenvalue weighted by Crippen LogP contribution is -2.21. The molecule has 0 radical (unpaired) electrons. The highest BCUT2D eigenvalue weighted by Gasteiger charge is 2.18. The topological polar surface area (TPSA) is 69.4 Å². The summed E-state index contributed by atoms with van der Waals surface area (Å²) in [5.41, 5.74) is 0. The van der Waals surface area contributed by atoms with Crippen molar-refractivity contribution in [3.05, 3.63) is 10.1 Å². The van der Waals surface area contributed by atoms with Gasteiger partial charge in [-0.15, -0.1) is 0 Å². The quantitative estimate of drug-likeness (QED) is 0.322. The molecule has 0 aliphatic rings. The third-order valence-corrected chi connectivity index (χ3v) is 1.03. The fourth-order valence-corrected chi connectivity index (χ4v) is 0.499. The standard InChI is InChI=1S/C5H9NO4/c1-4(3-6(8)9)5(7)10-2/h4H,3H2,1-2H3/t4-/m0/s1. The van der Waals surface area contributed by atoms with Crippen molar-refractivity contribution in [2.75, 3.05) is 13.7 Å². The van der Waals surface area contributed by atoms with Crippen LogP contribution in [0.15, 0.2) is 0 Å². The first kappa shape index (κ1) is 8.87. The van der Waals surface area contributed by atoms with E-state index in [0.29, 0.717) is 0 Å². The number of nitro groups is 1. The van der Waals surface area contributed by atoms with E-state index >= 15 is 0 Å². The number of esters is 1. The number of carbonyl (C=O) groups is 1. The molecule has 0 N–H and O–H groups in total. The summed E-state index contributed by atoms with van der Waals surface area (Å²) in [6.07, 6.45) is 0. The summed E-state index contributed by atoms with van der Waals surface area (Å²) in [6, 6.07) is 0. The Hall–Kier alpha value is -1.13. The molecule has 0 amide bonds. The van der Waals surface area contributed by atoms with Crippen LogP contribution < -0.4 is 0 Å². The summed E-state index contributed by atoms with van der Waals surface area (Å²) in [5.74, 6) is -1.20. The van der Waals surface area contributed by atoms with E-state index in [1.165, 1.54) is 14.0 Å². The zero-order valence-corrected chi connectivity index (χ0v) is 5.86. The minimum Gasteiger partial charge on any atom is -0.469 e. The number of rotatable bonds is 3. The van der Waals surface area contributed by atoms with Gasteiger partial charge >= 0.3 is 5.97 Å². The number of nitrogens with zero attached hydrogens (tertiary/aromatic N) is 1. The van der Waals surface area contributed by atoms with Crippen molar-refractivity contribution in [1.82, 2.24) is 0 Å². The van der Waals surface area contributed by atoms with Gasteiger partial charge in [0.15, 0.2) is 0 Å². The first-order valence-corrected chi connectivity index (χ1v) is 2.77. The molecule has 0 unspecified atom stereocenters. The number of carbonyl (C=O) groups excluding carboxylic acids is 1.